The van der Waals surface area contributed by atoms with Gasteiger partial charge in [-0.1, -0.05) is 19.1 Å². The first kappa shape index (κ1) is 12.8. The molecule has 0 aliphatic heterocycles. The van der Waals surface area contributed by atoms with Crippen LogP contribution in [0.3, 0.4) is 0 Å². The van der Waals surface area contributed by atoms with Crippen LogP contribution in [0, 0.1) is 5.92 Å². The second-order valence-corrected chi connectivity index (χ2v) is 5.36. The van der Waals surface area contributed by atoms with E-state index in [1.165, 1.54) is 0 Å². The Balaban J connectivity index is 2.31. The summed E-state index contributed by atoms with van der Waals surface area (Å²) in [5.41, 5.74) is 1.88. The monoisotopic (exact) mass is 265 g/mol. The Hall–Kier alpha value is -1.69. The standard InChI is InChI=1S/C12H15N3O2S/c1-8(2)5-10-11(12(16)17)13-14-15(10)6-9-3-4-18-7-9/h3-4,7-8H,5-6H2,1-2H3,(H,16,17). The third kappa shape index (κ3) is 2.76. The summed E-state index contributed by atoms with van der Waals surface area (Å²) >= 11 is 1.61. The molecule has 96 valence electrons. The number of aromatic carboxylic acids is 1. The topological polar surface area (TPSA) is 68.0 Å². The second kappa shape index (κ2) is 5.30. The van der Waals surface area contributed by atoms with Crippen LogP contribution >= 0.6 is 11.3 Å². The van der Waals surface area contributed by atoms with E-state index in [2.05, 4.69) is 10.3 Å². The van der Waals surface area contributed by atoms with Gasteiger partial charge in [0.2, 0.25) is 0 Å². The van der Waals surface area contributed by atoms with Crippen LogP contribution in [0.25, 0.3) is 0 Å². The fourth-order valence-corrected chi connectivity index (χ4v) is 2.43. The number of aromatic nitrogens is 3. The number of hydrogen-bond acceptors (Lipinski definition) is 4. The summed E-state index contributed by atoms with van der Waals surface area (Å²) in [4.78, 5) is 11.1. The molecule has 0 spiro atoms. The minimum absolute atomic E-state index is 0.0685. The number of carboxylic acids is 1. The quantitative estimate of drug-likeness (QED) is 0.900. The summed E-state index contributed by atoms with van der Waals surface area (Å²) in [6, 6.07) is 2.01. The Morgan fingerprint density at radius 1 is 1.56 bits per heavy atom. The van der Waals surface area contributed by atoms with Gasteiger partial charge in [0.15, 0.2) is 5.69 Å². The molecule has 2 aromatic rings. The first-order valence-electron chi connectivity index (χ1n) is 5.74. The van der Waals surface area contributed by atoms with Crippen molar-refractivity contribution in [3.05, 3.63) is 33.8 Å². The fourth-order valence-electron chi connectivity index (χ4n) is 1.77. The van der Waals surface area contributed by atoms with Crippen molar-refractivity contribution in [1.29, 1.82) is 0 Å². The lowest BCUT2D eigenvalue weighted by Crippen LogP contribution is -2.11. The van der Waals surface area contributed by atoms with Crippen molar-refractivity contribution in [2.75, 3.05) is 0 Å². The van der Waals surface area contributed by atoms with Gasteiger partial charge in [0.05, 0.1) is 12.2 Å². The van der Waals surface area contributed by atoms with Gasteiger partial charge in [-0.15, -0.1) is 5.10 Å². The van der Waals surface area contributed by atoms with Gasteiger partial charge in [0, 0.05) is 0 Å². The van der Waals surface area contributed by atoms with Crippen LogP contribution in [0.1, 0.15) is 35.6 Å². The van der Waals surface area contributed by atoms with Crippen molar-refractivity contribution in [2.45, 2.75) is 26.8 Å². The highest BCUT2D eigenvalue weighted by atomic mass is 32.1. The highest BCUT2D eigenvalue weighted by molar-refractivity contribution is 7.07. The Bertz CT molecular complexity index is 532. The molecule has 0 aliphatic carbocycles. The average molecular weight is 265 g/mol. The average Bonchev–Trinajstić information content (AvgIpc) is 2.89. The van der Waals surface area contributed by atoms with Crippen LogP contribution < -0.4 is 0 Å². The number of carboxylic acid groups (broad SMARTS) is 1. The zero-order valence-electron chi connectivity index (χ0n) is 10.3. The van der Waals surface area contributed by atoms with Crippen molar-refractivity contribution in [3.63, 3.8) is 0 Å². The maximum absolute atomic E-state index is 11.1. The van der Waals surface area contributed by atoms with Crippen LogP contribution in [0.5, 0.6) is 0 Å². The van der Waals surface area contributed by atoms with Crippen LogP contribution in [-0.2, 0) is 13.0 Å². The van der Waals surface area contributed by atoms with Gasteiger partial charge < -0.3 is 5.11 Å². The van der Waals surface area contributed by atoms with E-state index in [4.69, 9.17) is 5.11 Å². The molecule has 0 radical (unpaired) electrons. The van der Waals surface area contributed by atoms with Gasteiger partial charge in [0.25, 0.3) is 0 Å². The predicted octanol–water partition coefficient (Wildman–Crippen LogP) is 2.28. The molecular formula is C12H15N3O2S. The van der Waals surface area contributed by atoms with E-state index >= 15 is 0 Å². The van der Waals surface area contributed by atoms with E-state index in [1.807, 2.05) is 30.7 Å². The molecule has 18 heavy (non-hydrogen) atoms. The lowest BCUT2D eigenvalue weighted by molar-refractivity contribution is 0.0689. The normalized spacial score (nSPS) is 11.1. The van der Waals surface area contributed by atoms with Crippen molar-refractivity contribution in [1.82, 2.24) is 15.0 Å². The van der Waals surface area contributed by atoms with Crippen molar-refractivity contribution >= 4 is 17.3 Å². The summed E-state index contributed by atoms with van der Waals surface area (Å²) in [7, 11) is 0. The van der Waals surface area contributed by atoms with E-state index in [1.54, 1.807) is 16.0 Å². The zero-order chi connectivity index (χ0) is 13.1. The minimum atomic E-state index is -1.01. The van der Waals surface area contributed by atoms with Crippen molar-refractivity contribution < 1.29 is 9.90 Å². The third-order valence-electron chi connectivity index (χ3n) is 2.55. The molecule has 0 bridgehead atoms. The molecule has 0 fully saturated rings. The molecule has 6 heteroatoms. The maximum atomic E-state index is 11.1. The Morgan fingerprint density at radius 3 is 2.89 bits per heavy atom. The van der Waals surface area contributed by atoms with Crippen molar-refractivity contribution in [2.24, 2.45) is 5.92 Å². The van der Waals surface area contributed by atoms with Gasteiger partial charge in [-0.05, 0) is 34.7 Å². The summed E-state index contributed by atoms with van der Waals surface area (Å²) in [6.07, 6.45) is 0.665. The molecule has 0 atom stereocenters. The SMILES string of the molecule is CC(C)Cc1c(C(=O)O)nnn1Cc1ccsc1. The van der Waals surface area contributed by atoms with Gasteiger partial charge in [-0.3, -0.25) is 0 Å². The highest BCUT2D eigenvalue weighted by Gasteiger charge is 2.19. The van der Waals surface area contributed by atoms with Gasteiger partial charge in [0.1, 0.15) is 0 Å². The van der Waals surface area contributed by atoms with E-state index in [9.17, 15) is 4.79 Å². The lowest BCUT2D eigenvalue weighted by atomic mass is 10.1. The molecule has 2 heterocycles. The van der Waals surface area contributed by atoms with E-state index < -0.39 is 5.97 Å². The summed E-state index contributed by atoms with van der Waals surface area (Å²) < 4.78 is 1.69. The Labute approximate surface area is 109 Å². The molecule has 0 unspecified atom stereocenters. The number of nitrogens with zero attached hydrogens (tertiary/aromatic N) is 3. The number of rotatable bonds is 5. The molecule has 5 nitrogen and oxygen atoms in total. The Kier molecular flexibility index (Phi) is 3.76. The highest BCUT2D eigenvalue weighted by Crippen LogP contribution is 2.15. The summed E-state index contributed by atoms with van der Waals surface area (Å²) in [5.74, 6) is -0.648. The van der Waals surface area contributed by atoms with E-state index in [0.29, 0.717) is 24.6 Å². The lowest BCUT2D eigenvalue weighted by Gasteiger charge is -2.08. The van der Waals surface area contributed by atoms with Crippen molar-refractivity contribution in [3.8, 4) is 0 Å². The van der Waals surface area contributed by atoms with Crippen LogP contribution in [0.2, 0.25) is 0 Å². The number of hydrogen-bond donors (Lipinski definition) is 1. The van der Waals surface area contributed by atoms with E-state index in [-0.39, 0.29) is 5.69 Å². The number of thiophene rings is 1. The summed E-state index contributed by atoms with van der Waals surface area (Å²) in [5, 5.41) is 20.8. The zero-order valence-corrected chi connectivity index (χ0v) is 11.1. The molecular weight excluding hydrogens is 250 g/mol. The number of carbonyl (C=O) groups is 1. The predicted molar refractivity (Wildman–Crippen MR) is 68.9 cm³/mol. The second-order valence-electron chi connectivity index (χ2n) is 4.58. The van der Waals surface area contributed by atoms with E-state index in [0.717, 1.165) is 5.56 Å². The van der Waals surface area contributed by atoms with Crippen LogP contribution in [0.15, 0.2) is 16.8 Å². The molecule has 0 aromatic carbocycles. The first-order chi connectivity index (χ1) is 8.58. The fraction of sp³-hybridized carbons (Fsp3) is 0.417. The molecule has 0 aliphatic rings. The van der Waals surface area contributed by atoms with Crippen LogP contribution in [0.4, 0.5) is 0 Å². The Morgan fingerprint density at radius 2 is 2.33 bits per heavy atom. The third-order valence-corrected chi connectivity index (χ3v) is 3.29. The summed E-state index contributed by atoms with van der Waals surface area (Å²) in [6.45, 7) is 4.67. The largest absolute Gasteiger partial charge is 0.476 e. The van der Waals surface area contributed by atoms with Gasteiger partial charge >= 0.3 is 5.97 Å². The molecule has 0 saturated carbocycles. The molecule has 0 amide bonds. The minimum Gasteiger partial charge on any atom is -0.476 e. The smallest absolute Gasteiger partial charge is 0.358 e. The maximum Gasteiger partial charge on any atom is 0.358 e. The molecule has 2 rings (SSSR count). The molecule has 0 saturated heterocycles. The van der Waals surface area contributed by atoms with Gasteiger partial charge in [-0.2, -0.15) is 11.3 Å². The molecule has 2 aromatic heterocycles. The van der Waals surface area contributed by atoms with Crippen LogP contribution in [-0.4, -0.2) is 26.1 Å². The molecule has 1 N–H and O–H groups in total. The first-order valence-corrected chi connectivity index (χ1v) is 6.69. The van der Waals surface area contributed by atoms with Gasteiger partial charge in [-0.25, -0.2) is 9.48 Å².